The molecule has 0 aromatic carbocycles. The van der Waals surface area contributed by atoms with Gasteiger partial charge in [0.15, 0.2) is 5.69 Å². The average Bonchev–Trinajstić information content (AvgIpc) is 2.25. The number of nitrogens with two attached hydrogens (primary N) is 1. The van der Waals surface area contributed by atoms with Gasteiger partial charge in [0.05, 0.1) is 0 Å². The maximum Gasteiger partial charge on any atom is 0.269 e. The van der Waals surface area contributed by atoms with Crippen LogP contribution in [-0.2, 0) is 0 Å². The standard InChI is InChI=1S/C11H18N4O/c1-8(2)4-3-7-13-10-6-5-9(11(12)16)14-15-10/h5-6,8H,3-4,7H2,1-2H3,(H2,12,16)(H,13,15). The van der Waals surface area contributed by atoms with E-state index in [2.05, 4.69) is 29.4 Å². The molecule has 0 saturated carbocycles. The highest BCUT2D eigenvalue weighted by molar-refractivity contribution is 5.90. The molecule has 3 N–H and O–H groups in total. The molecule has 0 aliphatic carbocycles. The first-order chi connectivity index (χ1) is 7.59. The van der Waals surface area contributed by atoms with Crippen molar-refractivity contribution in [2.45, 2.75) is 26.7 Å². The van der Waals surface area contributed by atoms with Crippen molar-refractivity contribution < 1.29 is 4.79 Å². The van der Waals surface area contributed by atoms with E-state index in [1.807, 2.05) is 0 Å². The summed E-state index contributed by atoms with van der Waals surface area (Å²) in [6, 6.07) is 3.28. The first kappa shape index (κ1) is 12.4. The van der Waals surface area contributed by atoms with E-state index in [0.29, 0.717) is 11.7 Å². The van der Waals surface area contributed by atoms with Gasteiger partial charge in [0.25, 0.3) is 5.91 Å². The van der Waals surface area contributed by atoms with Gasteiger partial charge in [-0.2, -0.15) is 0 Å². The molecule has 1 aromatic heterocycles. The fourth-order valence-electron chi connectivity index (χ4n) is 1.28. The SMILES string of the molecule is CC(C)CCCNc1ccc(C(N)=O)nn1. The Hall–Kier alpha value is -1.65. The first-order valence-corrected chi connectivity index (χ1v) is 5.47. The number of carbonyl (C=O) groups excluding carboxylic acids is 1. The van der Waals surface area contributed by atoms with E-state index in [1.165, 1.54) is 6.42 Å². The molecule has 1 amide bonds. The topological polar surface area (TPSA) is 80.9 Å². The van der Waals surface area contributed by atoms with Crippen molar-refractivity contribution in [1.82, 2.24) is 10.2 Å². The van der Waals surface area contributed by atoms with Crippen LogP contribution in [0.15, 0.2) is 12.1 Å². The second-order valence-electron chi connectivity index (χ2n) is 4.13. The Balaban J connectivity index is 2.35. The largest absolute Gasteiger partial charge is 0.369 e. The van der Waals surface area contributed by atoms with Gasteiger partial charge in [-0.05, 0) is 30.9 Å². The molecule has 0 radical (unpaired) electrons. The lowest BCUT2D eigenvalue weighted by molar-refractivity contribution is 0.0994. The van der Waals surface area contributed by atoms with Gasteiger partial charge in [-0.1, -0.05) is 13.8 Å². The zero-order valence-corrected chi connectivity index (χ0v) is 9.73. The second-order valence-corrected chi connectivity index (χ2v) is 4.13. The summed E-state index contributed by atoms with van der Waals surface area (Å²) < 4.78 is 0. The molecule has 0 unspecified atom stereocenters. The smallest absolute Gasteiger partial charge is 0.269 e. The molecule has 5 heteroatoms. The molecule has 0 aliphatic heterocycles. The van der Waals surface area contributed by atoms with Gasteiger partial charge < -0.3 is 11.1 Å². The van der Waals surface area contributed by atoms with E-state index in [-0.39, 0.29) is 5.69 Å². The summed E-state index contributed by atoms with van der Waals surface area (Å²) in [5.74, 6) is 0.831. The summed E-state index contributed by atoms with van der Waals surface area (Å²) in [7, 11) is 0. The van der Waals surface area contributed by atoms with Crippen LogP contribution in [0.5, 0.6) is 0 Å². The summed E-state index contributed by atoms with van der Waals surface area (Å²) >= 11 is 0. The zero-order chi connectivity index (χ0) is 12.0. The minimum Gasteiger partial charge on any atom is -0.369 e. The summed E-state index contributed by atoms with van der Waals surface area (Å²) in [4.78, 5) is 10.7. The predicted molar refractivity (Wildman–Crippen MR) is 63.1 cm³/mol. The Morgan fingerprint density at radius 3 is 2.69 bits per heavy atom. The maximum absolute atomic E-state index is 10.7. The number of nitrogens with zero attached hydrogens (tertiary/aromatic N) is 2. The van der Waals surface area contributed by atoms with Gasteiger partial charge >= 0.3 is 0 Å². The third kappa shape index (κ3) is 4.25. The number of rotatable bonds is 6. The number of carbonyl (C=O) groups is 1. The van der Waals surface area contributed by atoms with E-state index in [0.717, 1.165) is 13.0 Å². The summed E-state index contributed by atoms with van der Waals surface area (Å²) in [6.45, 7) is 5.26. The van der Waals surface area contributed by atoms with E-state index in [1.54, 1.807) is 12.1 Å². The Morgan fingerprint density at radius 1 is 1.44 bits per heavy atom. The van der Waals surface area contributed by atoms with Crippen molar-refractivity contribution >= 4 is 11.7 Å². The number of aromatic nitrogens is 2. The number of nitrogens with one attached hydrogen (secondary N) is 1. The number of hydrogen-bond acceptors (Lipinski definition) is 4. The highest BCUT2D eigenvalue weighted by atomic mass is 16.1. The summed E-state index contributed by atoms with van der Waals surface area (Å²) in [5.41, 5.74) is 5.24. The highest BCUT2D eigenvalue weighted by Gasteiger charge is 2.02. The Kier molecular flexibility index (Phi) is 4.69. The number of amides is 1. The van der Waals surface area contributed by atoms with Crippen molar-refractivity contribution in [3.8, 4) is 0 Å². The van der Waals surface area contributed by atoms with Crippen LogP contribution in [0.2, 0.25) is 0 Å². The van der Waals surface area contributed by atoms with Crippen molar-refractivity contribution in [1.29, 1.82) is 0 Å². The van der Waals surface area contributed by atoms with Crippen molar-refractivity contribution in [3.05, 3.63) is 17.8 Å². The normalized spacial score (nSPS) is 10.4. The number of primary amides is 1. The molecule has 1 rings (SSSR count). The van der Waals surface area contributed by atoms with Crippen LogP contribution in [0.4, 0.5) is 5.82 Å². The molecular weight excluding hydrogens is 204 g/mol. The van der Waals surface area contributed by atoms with E-state index in [9.17, 15) is 4.79 Å². The molecule has 0 spiro atoms. The third-order valence-corrected chi connectivity index (χ3v) is 2.18. The molecule has 16 heavy (non-hydrogen) atoms. The molecule has 0 atom stereocenters. The number of anilines is 1. The van der Waals surface area contributed by atoms with E-state index < -0.39 is 5.91 Å². The molecule has 0 aliphatic rings. The lowest BCUT2D eigenvalue weighted by Crippen LogP contribution is -2.14. The molecule has 5 nitrogen and oxygen atoms in total. The molecule has 1 heterocycles. The van der Waals surface area contributed by atoms with Gasteiger partial charge in [0.1, 0.15) is 5.82 Å². The Morgan fingerprint density at radius 2 is 2.19 bits per heavy atom. The second kappa shape index (κ2) is 6.05. The van der Waals surface area contributed by atoms with Gasteiger partial charge in [-0.3, -0.25) is 4.79 Å². The quantitative estimate of drug-likeness (QED) is 0.713. The van der Waals surface area contributed by atoms with Crippen molar-refractivity contribution in [3.63, 3.8) is 0 Å². The minimum atomic E-state index is -0.557. The Bertz CT molecular complexity index is 334. The van der Waals surface area contributed by atoms with Crippen LogP contribution in [0.3, 0.4) is 0 Å². The fraction of sp³-hybridized carbons (Fsp3) is 0.545. The fourth-order valence-corrected chi connectivity index (χ4v) is 1.28. The first-order valence-electron chi connectivity index (χ1n) is 5.47. The molecular formula is C11H18N4O. The Labute approximate surface area is 95.4 Å². The summed E-state index contributed by atoms with van der Waals surface area (Å²) in [6.07, 6.45) is 2.27. The number of hydrogen-bond donors (Lipinski definition) is 2. The van der Waals surface area contributed by atoms with Gasteiger partial charge in [0.2, 0.25) is 0 Å². The van der Waals surface area contributed by atoms with Gasteiger partial charge in [-0.15, -0.1) is 10.2 Å². The third-order valence-electron chi connectivity index (χ3n) is 2.18. The van der Waals surface area contributed by atoms with E-state index in [4.69, 9.17) is 5.73 Å². The van der Waals surface area contributed by atoms with Gasteiger partial charge in [0, 0.05) is 6.54 Å². The summed E-state index contributed by atoms with van der Waals surface area (Å²) in [5, 5.41) is 10.7. The lowest BCUT2D eigenvalue weighted by Gasteiger charge is -2.06. The van der Waals surface area contributed by atoms with Crippen LogP contribution >= 0.6 is 0 Å². The average molecular weight is 222 g/mol. The molecule has 0 bridgehead atoms. The van der Waals surface area contributed by atoms with Crippen molar-refractivity contribution in [2.75, 3.05) is 11.9 Å². The van der Waals surface area contributed by atoms with Crippen LogP contribution in [0, 0.1) is 5.92 Å². The van der Waals surface area contributed by atoms with Crippen molar-refractivity contribution in [2.24, 2.45) is 11.7 Å². The molecule has 0 saturated heterocycles. The minimum absolute atomic E-state index is 0.188. The lowest BCUT2D eigenvalue weighted by atomic mass is 10.1. The van der Waals surface area contributed by atoms with E-state index >= 15 is 0 Å². The molecule has 88 valence electrons. The predicted octanol–water partition coefficient (Wildman–Crippen LogP) is 1.42. The zero-order valence-electron chi connectivity index (χ0n) is 9.73. The molecule has 1 aromatic rings. The monoisotopic (exact) mass is 222 g/mol. The highest BCUT2D eigenvalue weighted by Crippen LogP contribution is 2.05. The van der Waals surface area contributed by atoms with Crippen LogP contribution < -0.4 is 11.1 Å². The molecule has 0 fully saturated rings. The maximum atomic E-state index is 10.7. The van der Waals surface area contributed by atoms with Crippen LogP contribution in [0.25, 0.3) is 0 Å². The van der Waals surface area contributed by atoms with Gasteiger partial charge in [-0.25, -0.2) is 0 Å². The van der Waals surface area contributed by atoms with Crippen LogP contribution in [0.1, 0.15) is 37.2 Å². The van der Waals surface area contributed by atoms with Crippen LogP contribution in [-0.4, -0.2) is 22.6 Å².